The van der Waals surface area contributed by atoms with E-state index in [2.05, 4.69) is 48.1 Å². The third-order valence-corrected chi connectivity index (χ3v) is 7.04. The molecule has 1 unspecified atom stereocenters. The zero-order valence-electron chi connectivity index (χ0n) is 19.1. The fourth-order valence-corrected chi connectivity index (χ4v) is 4.91. The third-order valence-electron chi connectivity index (χ3n) is 7.04. The van der Waals surface area contributed by atoms with Gasteiger partial charge in [0.2, 0.25) is 0 Å². The van der Waals surface area contributed by atoms with Gasteiger partial charge in [0, 0.05) is 29.0 Å². The van der Waals surface area contributed by atoms with Crippen molar-refractivity contribution in [2.45, 2.75) is 46.0 Å². The zero-order valence-corrected chi connectivity index (χ0v) is 19.1. The van der Waals surface area contributed by atoms with E-state index in [0.717, 1.165) is 56.0 Å². The van der Waals surface area contributed by atoms with Crippen LogP contribution in [-0.2, 0) is 0 Å². The van der Waals surface area contributed by atoms with Crippen LogP contribution < -0.4 is 0 Å². The van der Waals surface area contributed by atoms with Crippen molar-refractivity contribution in [2.75, 3.05) is 19.6 Å². The van der Waals surface area contributed by atoms with Gasteiger partial charge in [-0.2, -0.15) is 15.3 Å². The van der Waals surface area contributed by atoms with Gasteiger partial charge in [0.1, 0.15) is 5.82 Å². The van der Waals surface area contributed by atoms with E-state index in [9.17, 15) is 0 Å². The Morgan fingerprint density at radius 1 is 1.06 bits per heavy atom. The lowest BCUT2D eigenvalue weighted by Crippen LogP contribution is -2.32. The van der Waals surface area contributed by atoms with Gasteiger partial charge in [0.15, 0.2) is 0 Å². The smallest absolute Gasteiger partial charge is 0.133 e. The topological polar surface area (TPSA) is 44.6 Å². The SMILES string of the molecule is CCC1C=C2C=CC(c3cc(F)c4cc(C5CCN(CC)CC5)nnc4c3)=NN2C=C1C. The van der Waals surface area contributed by atoms with Gasteiger partial charge in [-0.1, -0.05) is 19.9 Å². The van der Waals surface area contributed by atoms with Gasteiger partial charge >= 0.3 is 0 Å². The molecule has 1 atom stereocenters. The van der Waals surface area contributed by atoms with Crippen LogP contribution in [0.3, 0.4) is 0 Å². The summed E-state index contributed by atoms with van der Waals surface area (Å²) in [6.07, 6.45) is 11.5. The zero-order chi connectivity index (χ0) is 22.2. The van der Waals surface area contributed by atoms with E-state index in [4.69, 9.17) is 5.10 Å². The summed E-state index contributed by atoms with van der Waals surface area (Å²) in [5, 5.41) is 16.1. The number of likely N-dealkylation sites (tertiary alicyclic amines) is 1. The van der Waals surface area contributed by atoms with Crippen LogP contribution in [0.2, 0.25) is 0 Å². The van der Waals surface area contributed by atoms with Gasteiger partial charge in [-0.3, -0.25) is 0 Å². The number of rotatable bonds is 4. The second-order valence-corrected chi connectivity index (χ2v) is 9.01. The number of aromatic nitrogens is 2. The number of hydrogen-bond donors (Lipinski definition) is 0. The summed E-state index contributed by atoms with van der Waals surface area (Å²) in [4.78, 5) is 2.44. The Morgan fingerprint density at radius 2 is 1.88 bits per heavy atom. The summed E-state index contributed by atoms with van der Waals surface area (Å²) in [6, 6.07) is 5.36. The largest absolute Gasteiger partial charge is 0.304 e. The maximum atomic E-state index is 15.2. The molecule has 5 nitrogen and oxygen atoms in total. The van der Waals surface area contributed by atoms with Crippen LogP contribution in [0.5, 0.6) is 0 Å². The van der Waals surface area contributed by atoms with Crippen molar-refractivity contribution in [1.29, 1.82) is 0 Å². The quantitative estimate of drug-likeness (QED) is 0.653. The molecule has 2 aromatic rings. The molecule has 32 heavy (non-hydrogen) atoms. The third kappa shape index (κ3) is 3.88. The number of fused-ring (bicyclic) bond motifs is 2. The molecule has 0 bridgehead atoms. The second kappa shape index (κ2) is 8.58. The first kappa shape index (κ1) is 21.0. The van der Waals surface area contributed by atoms with Crippen LogP contribution >= 0.6 is 0 Å². The molecular formula is C26H30FN5. The minimum atomic E-state index is -0.270. The van der Waals surface area contributed by atoms with Gasteiger partial charge in [0.05, 0.1) is 22.6 Å². The summed E-state index contributed by atoms with van der Waals surface area (Å²) >= 11 is 0. The minimum absolute atomic E-state index is 0.270. The molecule has 1 fully saturated rings. The van der Waals surface area contributed by atoms with E-state index in [1.165, 1.54) is 5.57 Å². The Labute approximate surface area is 189 Å². The maximum absolute atomic E-state index is 15.2. The molecule has 4 heterocycles. The first-order valence-corrected chi connectivity index (χ1v) is 11.7. The second-order valence-electron chi connectivity index (χ2n) is 9.01. The highest BCUT2D eigenvalue weighted by Gasteiger charge is 2.23. The van der Waals surface area contributed by atoms with E-state index >= 15 is 4.39 Å². The van der Waals surface area contributed by atoms with Crippen molar-refractivity contribution < 1.29 is 4.39 Å². The van der Waals surface area contributed by atoms with Crippen molar-refractivity contribution >= 4 is 16.6 Å². The van der Waals surface area contributed by atoms with Crippen LogP contribution in [-0.4, -0.2) is 45.5 Å². The molecule has 0 N–H and O–H groups in total. The summed E-state index contributed by atoms with van der Waals surface area (Å²) in [6.45, 7) is 9.71. The van der Waals surface area contributed by atoms with Crippen molar-refractivity contribution in [3.63, 3.8) is 0 Å². The monoisotopic (exact) mass is 431 g/mol. The molecule has 0 spiro atoms. The van der Waals surface area contributed by atoms with Crippen LogP contribution in [0, 0.1) is 11.7 Å². The van der Waals surface area contributed by atoms with Crippen molar-refractivity contribution in [1.82, 2.24) is 20.1 Å². The highest BCUT2D eigenvalue weighted by atomic mass is 19.1. The molecule has 0 aliphatic carbocycles. The average Bonchev–Trinajstić information content (AvgIpc) is 2.83. The first-order valence-electron chi connectivity index (χ1n) is 11.7. The lowest BCUT2D eigenvalue weighted by Gasteiger charge is -2.30. The molecule has 0 radical (unpaired) electrons. The molecule has 3 aliphatic heterocycles. The van der Waals surface area contributed by atoms with Crippen molar-refractivity contribution in [3.05, 3.63) is 71.0 Å². The molecule has 1 aromatic carbocycles. The number of hydrazone groups is 1. The van der Waals surface area contributed by atoms with Crippen LogP contribution in [0.4, 0.5) is 4.39 Å². The van der Waals surface area contributed by atoms with Crippen molar-refractivity contribution in [3.8, 4) is 0 Å². The van der Waals surface area contributed by atoms with E-state index in [1.54, 1.807) is 6.07 Å². The van der Waals surface area contributed by atoms with Gasteiger partial charge in [-0.25, -0.2) is 9.40 Å². The summed E-state index contributed by atoms with van der Waals surface area (Å²) in [5.41, 5.74) is 5.26. The number of hydrogen-bond acceptors (Lipinski definition) is 5. The molecule has 166 valence electrons. The molecule has 1 aromatic heterocycles. The summed E-state index contributed by atoms with van der Waals surface area (Å²) < 4.78 is 15.2. The highest BCUT2D eigenvalue weighted by Crippen LogP contribution is 2.31. The lowest BCUT2D eigenvalue weighted by atomic mass is 9.92. The molecule has 3 aliphatic rings. The molecule has 6 heteroatoms. The normalized spacial score (nSPS) is 21.9. The molecular weight excluding hydrogens is 401 g/mol. The van der Waals surface area contributed by atoms with Gasteiger partial charge in [-0.15, -0.1) is 0 Å². The maximum Gasteiger partial charge on any atom is 0.133 e. The number of benzene rings is 1. The van der Waals surface area contributed by atoms with Crippen molar-refractivity contribution in [2.24, 2.45) is 11.0 Å². The molecule has 0 amide bonds. The van der Waals surface area contributed by atoms with E-state index in [-0.39, 0.29) is 5.82 Å². The fraction of sp³-hybridized carbons (Fsp3) is 0.423. The molecule has 1 saturated heterocycles. The minimum Gasteiger partial charge on any atom is -0.304 e. The predicted molar refractivity (Wildman–Crippen MR) is 127 cm³/mol. The highest BCUT2D eigenvalue weighted by molar-refractivity contribution is 6.10. The fourth-order valence-electron chi connectivity index (χ4n) is 4.91. The average molecular weight is 432 g/mol. The van der Waals surface area contributed by atoms with E-state index in [1.807, 2.05) is 29.3 Å². The van der Waals surface area contributed by atoms with Gasteiger partial charge in [0.25, 0.3) is 0 Å². The Bertz CT molecular complexity index is 1150. The van der Waals surface area contributed by atoms with E-state index in [0.29, 0.717) is 28.3 Å². The number of nitrogens with zero attached hydrogens (tertiary/aromatic N) is 5. The predicted octanol–water partition coefficient (Wildman–Crippen LogP) is 5.37. The first-order chi connectivity index (χ1) is 15.6. The summed E-state index contributed by atoms with van der Waals surface area (Å²) in [5.74, 6) is 0.527. The van der Waals surface area contributed by atoms with Crippen LogP contribution in [0.15, 0.2) is 59.0 Å². The Hall–Kier alpha value is -2.86. The Balaban J connectivity index is 1.43. The molecule has 0 saturated carbocycles. The van der Waals surface area contributed by atoms with E-state index < -0.39 is 0 Å². The van der Waals surface area contributed by atoms with Crippen LogP contribution in [0.25, 0.3) is 10.9 Å². The summed E-state index contributed by atoms with van der Waals surface area (Å²) in [7, 11) is 0. The molecule has 5 rings (SSSR count). The van der Waals surface area contributed by atoms with Crippen LogP contribution in [0.1, 0.15) is 57.2 Å². The number of halogens is 1. The number of piperidine rings is 1. The standard InChI is InChI=1S/C26H30FN5/c1-4-18-12-21-6-7-24(30-32(21)16-17(18)3)20-13-23(27)22-15-25(28-29-26(22)14-20)19-8-10-31(5-2)11-9-19/h6-7,12-16,18-19H,4-5,8-11H2,1-3H3. The number of allylic oxidation sites excluding steroid dienone is 4. The van der Waals surface area contributed by atoms with Gasteiger partial charge < -0.3 is 4.90 Å². The lowest BCUT2D eigenvalue weighted by molar-refractivity contribution is 0.220. The van der Waals surface area contributed by atoms with Gasteiger partial charge in [-0.05, 0) is 81.7 Å². The Kier molecular flexibility index (Phi) is 5.64. The Morgan fingerprint density at radius 3 is 2.62 bits per heavy atom.